The van der Waals surface area contributed by atoms with E-state index < -0.39 is 46.5 Å². The average Bonchev–Trinajstić information content (AvgIpc) is 2.38. The standard InChI is InChI=1S/C11H11F2N3O5/c1-2-15(5-10(17)18)11(19)14-8-4-9(16(20)21)7(13)3-6(8)12/h3-4H,2,5H2,1H3,(H,14,19)(H,17,18). The van der Waals surface area contributed by atoms with Gasteiger partial charge in [-0.05, 0) is 6.92 Å². The Hall–Kier alpha value is -2.78. The van der Waals surface area contributed by atoms with E-state index in [1.807, 2.05) is 5.32 Å². The van der Waals surface area contributed by atoms with E-state index in [1.54, 1.807) is 0 Å². The highest BCUT2D eigenvalue weighted by Crippen LogP contribution is 2.25. The lowest BCUT2D eigenvalue weighted by Gasteiger charge is -2.19. The number of nitrogens with zero attached hydrogens (tertiary/aromatic N) is 2. The number of carbonyl (C=O) groups excluding carboxylic acids is 1. The Morgan fingerprint density at radius 1 is 1.38 bits per heavy atom. The van der Waals surface area contributed by atoms with E-state index >= 15 is 0 Å². The number of carboxylic acid groups (broad SMARTS) is 1. The maximum Gasteiger partial charge on any atom is 0.323 e. The third-order valence-corrected chi connectivity index (χ3v) is 2.47. The molecule has 114 valence electrons. The number of aliphatic carboxylic acids is 1. The van der Waals surface area contributed by atoms with Crippen molar-refractivity contribution in [1.82, 2.24) is 4.90 Å². The first-order valence-electron chi connectivity index (χ1n) is 5.67. The lowest BCUT2D eigenvalue weighted by atomic mass is 10.2. The van der Waals surface area contributed by atoms with Crippen molar-refractivity contribution < 1.29 is 28.4 Å². The molecule has 0 spiro atoms. The molecule has 0 aromatic heterocycles. The van der Waals surface area contributed by atoms with Crippen LogP contribution in [0.2, 0.25) is 0 Å². The van der Waals surface area contributed by atoms with Crippen LogP contribution < -0.4 is 5.32 Å². The molecule has 8 nitrogen and oxygen atoms in total. The SMILES string of the molecule is CCN(CC(=O)O)C(=O)Nc1cc([N+](=O)[O-])c(F)cc1F. The van der Waals surface area contributed by atoms with Gasteiger partial charge in [-0.25, -0.2) is 9.18 Å². The number of urea groups is 1. The molecule has 0 aliphatic carbocycles. The van der Waals surface area contributed by atoms with Crippen LogP contribution in [0.3, 0.4) is 0 Å². The van der Waals surface area contributed by atoms with Crippen molar-refractivity contribution in [3.63, 3.8) is 0 Å². The molecule has 0 bridgehead atoms. The van der Waals surface area contributed by atoms with Gasteiger partial charge in [0.1, 0.15) is 12.4 Å². The van der Waals surface area contributed by atoms with E-state index in [9.17, 15) is 28.5 Å². The van der Waals surface area contributed by atoms with Crippen LogP contribution in [-0.4, -0.2) is 40.0 Å². The van der Waals surface area contributed by atoms with Gasteiger partial charge in [0.05, 0.1) is 10.6 Å². The van der Waals surface area contributed by atoms with Crippen LogP contribution >= 0.6 is 0 Å². The van der Waals surface area contributed by atoms with E-state index in [1.165, 1.54) is 6.92 Å². The molecule has 2 N–H and O–H groups in total. The molecule has 0 radical (unpaired) electrons. The number of carbonyl (C=O) groups is 2. The number of hydrogen-bond acceptors (Lipinski definition) is 4. The summed E-state index contributed by atoms with van der Waals surface area (Å²) < 4.78 is 26.6. The summed E-state index contributed by atoms with van der Waals surface area (Å²) in [5.74, 6) is -3.87. The van der Waals surface area contributed by atoms with Crippen LogP contribution in [0.4, 0.5) is 25.0 Å². The fraction of sp³-hybridized carbons (Fsp3) is 0.273. The van der Waals surface area contributed by atoms with Crippen molar-refractivity contribution in [3.8, 4) is 0 Å². The minimum atomic E-state index is -1.38. The van der Waals surface area contributed by atoms with Crippen LogP contribution in [0.25, 0.3) is 0 Å². The summed E-state index contributed by atoms with van der Waals surface area (Å²) in [6.45, 7) is 0.877. The van der Waals surface area contributed by atoms with Crippen LogP contribution in [0, 0.1) is 21.7 Å². The largest absolute Gasteiger partial charge is 0.480 e. The first-order chi connectivity index (χ1) is 9.76. The lowest BCUT2D eigenvalue weighted by Crippen LogP contribution is -2.38. The topological polar surface area (TPSA) is 113 Å². The fourth-order valence-electron chi connectivity index (χ4n) is 1.46. The molecular formula is C11H11F2N3O5. The van der Waals surface area contributed by atoms with Crippen LogP contribution in [-0.2, 0) is 4.79 Å². The molecule has 2 amide bonds. The number of halogens is 2. The molecule has 0 unspecified atom stereocenters. The van der Waals surface area contributed by atoms with Crippen molar-refractivity contribution >= 4 is 23.4 Å². The number of hydrogen-bond donors (Lipinski definition) is 2. The van der Waals surface area contributed by atoms with Crippen LogP contribution in [0.15, 0.2) is 12.1 Å². The Balaban J connectivity index is 3.01. The number of benzene rings is 1. The summed E-state index contributed by atoms with van der Waals surface area (Å²) in [6.07, 6.45) is 0. The summed E-state index contributed by atoms with van der Waals surface area (Å²) in [5, 5.41) is 21.1. The Bertz CT molecular complexity index is 593. The highest BCUT2D eigenvalue weighted by molar-refractivity contribution is 5.91. The van der Waals surface area contributed by atoms with Crippen molar-refractivity contribution in [2.24, 2.45) is 0 Å². The normalized spacial score (nSPS) is 10.0. The van der Waals surface area contributed by atoms with E-state index in [2.05, 4.69) is 0 Å². The van der Waals surface area contributed by atoms with Gasteiger partial charge in [-0.3, -0.25) is 14.9 Å². The number of nitro groups is 1. The molecule has 0 saturated heterocycles. The summed E-state index contributed by atoms with van der Waals surface area (Å²) in [5.41, 5.74) is -1.62. The molecule has 1 aromatic rings. The van der Waals surface area contributed by atoms with Crippen molar-refractivity contribution in [2.45, 2.75) is 6.92 Å². The van der Waals surface area contributed by atoms with E-state index in [0.29, 0.717) is 6.07 Å². The second-order valence-electron chi connectivity index (χ2n) is 3.88. The molecule has 21 heavy (non-hydrogen) atoms. The summed E-state index contributed by atoms with van der Waals surface area (Å²) in [7, 11) is 0. The second-order valence-corrected chi connectivity index (χ2v) is 3.88. The van der Waals surface area contributed by atoms with E-state index in [0.717, 1.165) is 4.90 Å². The van der Waals surface area contributed by atoms with E-state index in [-0.39, 0.29) is 12.6 Å². The van der Waals surface area contributed by atoms with Crippen LogP contribution in [0.5, 0.6) is 0 Å². The maximum atomic E-state index is 13.5. The summed E-state index contributed by atoms with van der Waals surface area (Å²) in [6, 6.07) is -0.182. The zero-order valence-corrected chi connectivity index (χ0v) is 10.8. The third kappa shape index (κ3) is 4.09. The molecule has 0 aliphatic rings. The predicted octanol–water partition coefficient (Wildman–Crippen LogP) is 1.81. The van der Waals surface area contributed by atoms with Gasteiger partial charge in [0.2, 0.25) is 5.82 Å². The number of nitro benzene ring substituents is 1. The molecule has 0 aliphatic heterocycles. The molecule has 10 heteroatoms. The van der Waals surface area contributed by atoms with Gasteiger partial charge < -0.3 is 15.3 Å². The average molecular weight is 303 g/mol. The molecular weight excluding hydrogens is 292 g/mol. The van der Waals surface area contributed by atoms with Gasteiger partial charge in [-0.2, -0.15) is 4.39 Å². The number of nitrogens with one attached hydrogen (secondary N) is 1. The zero-order valence-electron chi connectivity index (χ0n) is 10.8. The number of likely N-dealkylation sites (N-methyl/N-ethyl adjacent to an activating group) is 1. The Labute approximate surface area is 117 Å². The molecule has 0 heterocycles. The lowest BCUT2D eigenvalue weighted by molar-refractivity contribution is -0.387. The van der Waals surface area contributed by atoms with Gasteiger partial charge >= 0.3 is 17.7 Å². The smallest absolute Gasteiger partial charge is 0.323 e. The molecule has 1 aromatic carbocycles. The number of anilines is 1. The first-order valence-corrected chi connectivity index (χ1v) is 5.67. The third-order valence-electron chi connectivity index (χ3n) is 2.47. The van der Waals surface area contributed by atoms with Gasteiger partial charge in [-0.1, -0.05) is 0 Å². The quantitative estimate of drug-likeness (QED) is 0.636. The zero-order chi connectivity index (χ0) is 16.2. The van der Waals surface area contributed by atoms with Gasteiger partial charge in [0.15, 0.2) is 0 Å². The first kappa shape index (κ1) is 16.3. The van der Waals surface area contributed by atoms with Gasteiger partial charge in [0.25, 0.3) is 0 Å². The van der Waals surface area contributed by atoms with Crippen LogP contribution in [0.1, 0.15) is 6.92 Å². The van der Waals surface area contributed by atoms with Crippen molar-refractivity contribution in [1.29, 1.82) is 0 Å². The predicted molar refractivity (Wildman–Crippen MR) is 66.9 cm³/mol. The number of rotatable bonds is 5. The molecule has 0 fully saturated rings. The number of amides is 2. The Kier molecular flexibility index (Phi) is 5.11. The summed E-state index contributed by atoms with van der Waals surface area (Å²) >= 11 is 0. The Morgan fingerprint density at radius 2 is 2.00 bits per heavy atom. The van der Waals surface area contributed by atoms with Crippen molar-refractivity contribution in [2.75, 3.05) is 18.4 Å². The highest BCUT2D eigenvalue weighted by Gasteiger charge is 2.21. The van der Waals surface area contributed by atoms with Gasteiger partial charge in [0, 0.05) is 18.7 Å². The monoisotopic (exact) mass is 303 g/mol. The second kappa shape index (κ2) is 6.59. The molecule has 0 saturated carbocycles. The summed E-state index contributed by atoms with van der Waals surface area (Å²) in [4.78, 5) is 32.6. The molecule has 1 rings (SSSR count). The maximum absolute atomic E-state index is 13.5. The van der Waals surface area contributed by atoms with E-state index in [4.69, 9.17) is 5.11 Å². The fourth-order valence-corrected chi connectivity index (χ4v) is 1.46. The van der Waals surface area contributed by atoms with Crippen molar-refractivity contribution in [3.05, 3.63) is 33.9 Å². The van der Waals surface area contributed by atoms with Gasteiger partial charge in [-0.15, -0.1) is 0 Å². The molecule has 0 atom stereocenters. The minimum Gasteiger partial charge on any atom is -0.480 e. The highest BCUT2D eigenvalue weighted by atomic mass is 19.1. The minimum absolute atomic E-state index is 0.0169. The number of carboxylic acids is 1. The Morgan fingerprint density at radius 3 is 2.48 bits per heavy atom.